The molecular formula is C12H12ClNOS. The predicted octanol–water partition coefficient (Wildman–Crippen LogP) is 3.06. The highest BCUT2D eigenvalue weighted by Crippen LogP contribution is 2.38. The number of ketones is 1. The Morgan fingerprint density at radius 1 is 1.50 bits per heavy atom. The molecule has 0 bridgehead atoms. The van der Waals surface area contributed by atoms with Crippen molar-refractivity contribution < 1.29 is 4.79 Å². The molecule has 0 aliphatic carbocycles. The topological polar surface area (TPSA) is 43.1 Å². The van der Waals surface area contributed by atoms with E-state index < -0.39 is 0 Å². The van der Waals surface area contributed by atoms with Crippen LogP contribution in [0.25, 0.3) is 5.57 Å². The molecule has 0 amide bonds. The predicted molar refractivity (Wildman–Crippen MR) is 69.2 cm³/mol. The molecule has 0 radical (unpaired) electrons. The fourth-order valence-electron chi connectivity index (χ4n) is 1.75. The summed E-state index contributed by atoms with van der Waals surface area (Å²) in [6.07, 6.45) is 0.800. The maximum atomic E-state index is 12.1. The third-order valence-corrected chi connectivity index (χ3v) is 4.06. The van der Waals surface area contributed by atoms with Gasteiger partial charge in [-0.3, -0.25) is 4.79 Å². The van der Waals surface area contributed by atoms with Gasteiger partial charge in [0.15, 0.2) is 5.78 Å². The lowest BCUT2D eigenvalue weighted by Gasteiger charge is -2.04. The largest absolute Gasteiger partial charge is 0.393 e. The SMILES string of the molecule is CCC1SC(N)=C(c2cccc(Cl)c2)C1=O. The summed E-state index contributed by atoms with van der Waals surface area (Å²) in [7, 11) is 0. The number of halogens is 1. The average Bonchev–Trinajstić information content (AvgIpc) is 2.53. The van der Waals surface area contributed by atoms with Crippen LogP contribution < -0.4 is 5.73 Å². The van der Waals surface area contributed by atoms with Gasteiger partial charge in [-0.15, -0.1) is 0 Å². The normalized spacial score (nSPS) is 20.6. The highest BCUT2D eigenvalue weighted by molar-refractivity contribution is 8.05. The van der Waals surface area contributed by atoms with Crippen molar-refractivity contribution in [2.75, 3.05) is 0 Å². The maximum Gasteiger partial charge on any atom is 0.179 e. The van der Waals surface area contributed by atoms with Gasteiger partial charge in [-0.1, -0.05) is 42.4 Å². The Bertz CT molecular complexity index is 470. The Labute approximate surface area is 104 Å². The summed E-state index contributed by atoms with van der Waals surface area (Å²) in [6, 6.07) is 7.26. The molecule has 0 saturated carbocycles. The summed E-state index contributed by atoms with van der Waals surface area (Å²) in [5, 5.41) is 1.20. The fraction of sp³-hybridized carbons (Fsp3) is 0.250. The Hall–Kier alpha value is -0.930. The summed E-state index contributed by atoms with van der Waals surface area (Å²) >= 11 is 7.35. The van der Waals surface area contributed by atoms with Gasteiger partial charge in [-0.05, 0) is 24.1 Å². The molecule has 2 nitrogen and oxygen atoms in total. The number of allylic oxidation sites excluding steroid dienone is 1. The third kappa shape index (κ3) is 1.97. The number of hydrogen-bond acceptors (Lipinski definition) is 3. The molecule has 0 spiro atoms. The van der Waals surface area contributed by atoms with Crippen LogP contribution in [0.5, 0.6) is 0 Å². The smallest absolute Gasteiger partial charge is 0.179 e. The molecule has 1 atom stereocenters. The number of carbonyl (C=O) groups is 1. The van der Waals surface area contributed by atoms with E-state index in [0.29, 0.717) is 15.6 Å². The zero-order valence-corrected chi connectivity index (χ0v) is 10.4. The lowest BCUT2D eigenvalue weighted by molar-refractivity contribution is -0.113. The van der Waals surface area contributed by atoms with Gasteiger partial charge >= 0.3 is 0 Å². The monoisotopic (exact) mass is 253 g/mol. The number of thioether (sulfide) groups is 1. The first-order valence-corrected chi connectivity index (χ1v) is 6.35. The first kappa shape index (κ1) is 11.6. The van der Waals surface area contributed by atoms with Gasteiger partial charge in [-0.2, -0.15) is 0 Å². The molecule has 84 valence electrons. The van der Waals surface area contributed by atoms with Crippen LogP contribution >= 0.6 is 23.4 Å². The third-order valence-electron chi connectivity index (χ3n) is 2.54. The number of Topliss-reactive ketones (excluding diaryl/α,β-unsaturated/α-hetero) is 1. The molecule has 1 aliphatic heterocycles. The van der Waals surface area contributed by atoms with E-state index in [-0.39, 0.29) is 11.0 Å². The number of carbonyl (C=O) groups excluding carboxylic acids is 1. The Balaban J connectivity index is 2.41. The minimum atomic E-state index is -0.0334. The van der Waals surface area contributed by atoms with Crippen LogP contribution in [-0.2, 0) is 4.79 Å². The van der Waals surface area contributed by atoms with Gasteiger partial charge in [-0.25, -0.2) is 0 Å². The number of rotatable bonds is 2. The van der Waals surface area contributed by atoms with Gasteiger partial charge < -0.3 is 5.73 Å². The van der Waals surface area contributed by atoms with E-state index in [1.54, 1.807) is 12.1 Å². The van der Waals surface area contributed by atoms with E-state index in [0.717, 1.165) is 12.0 Å². The van der Waals surface area contributed by atoms with Crippen molar-refractivity contribution in [1.29, 1.82) is 0 Å². The molecular weight excluding hydrogens is 242 g/mol. The molecule has 1 aromatic carbocycles. The average molecular weight is 254 g/mol. The molecule has 2 N–H and O–H groups in total. The minimum Gasteiger partial charge on any atom is -0.393 e. The van der Waals surface area contributed by atoms with Gasteiger partial charge in [0.25, 0.3) is 0 Å². The maximum absolute atomic E-state index is 12.1. The van der Waals surface area contributed by atoms with Gasteiger partial charge in [0.05, 0.1) is 15.9 Å². The highest BCUT2D eigenvalue weighted by atomic mass is 35.5. The van der Waals surface area contributed by atoms with Crippen LogP contribution in [0.3, 0.4) is 0 Å². The molecule has 0 saturated heterocycles. The quantitative estimate of drug-likeness (QED) is 0.881. The van der Waals surface area contributed by atoms with Crippen molar-refractivity contribution in [2.24, 2.45) is 5.73 Å². The van der Waals surface area contributed by atoms with E-state index in [9.17, 15) is 4.79 Å². The molecule has 2 rings (SSSR count). The summed E-state index contributed by atoms with van der Waals surface area (Å²) < 4.78 is 0. The van der Waals surface area contributed by atoms with Gasteiger partial charge in [0.2, 0.25) is 0 Å². The summed E-state index contributed by atoms with van der Waals surface area (Å²) in [4.78, 5) is 12.1. The number of nitrogens with two attached hydrogens (primary N) is 1. The first-order chi connectivity index (χ1) is 7.63. The van der Waals surface area contributed by atoms with E-state index in [1.165, 1.54) is 11.8 Å². The van der Waals surface area contributed by atoms with Crippen molar-refractivity contribution in [3.05, 3.63) is 39.9 Å². The Kier molecular flexibility index (Phi) is 3.26. The van der Waals surface area contributed by atoms with Crippen LogP contribution in [0.4, 0.5) is 0 Å². The lowest BCUT2D eigenvalue weighted by atomic mass is 10.0. The van der Waals surface area contributed by atoms with Gasteiger partial charge in [0.1, 0.15) is 0 Å². The molecule has 1 aromatic rings. The van der Waals surface area contributed by atoms with E-state index in [2.05, 4.69) is 0 Å². The van der Waals surface area contributed by atoms with E-state index in [4.69, 9.17) is 17.3 Å². The van der Waals surface area contributed by atoms with Crippen molar-refractivity contribution in [2.45, 2.75) is 18.6 Å². The van der Waals surface area contributed by atoms with Crippen molar-refractivity contribution in [1.82, 2.24) is 0 Å². The zero-order valence-electron chi connectivity index (χ0n) is 8.87. The van der Waals surface area contributed by atoms with E-state index in [1.807, 2.05) is 19.1 Å². The molecule has 1 unspecified atom stereocenters. The molecule has 16 heavy (non-hydrogen) atoms. The fourth-order valence-corrected chi connectivity index (χ4v) is 2.97. The lowest BCUT2D eigenvalue weighted by Crippen LogP contribution is -2.12. The molecule has 1 heterocycles. The summed E-state index contributed by atoms with van der Waals surface area (Å²) in [6.45, 7) is 1.99. The van der Waals surface area contributed by atoms with Crippen LogP contribution in [0.15, 0.2) is 29.3 Å². The highest BCUT2D eigenvalue weighted by Gasteiger charge is 2.32. The van der Waals surface area contributed by atoms with Crippen LogP contribution in [-0.4, -0.2) is 11.0 Å². The van der Waals surface area contributed by atoms with Crippen LogP contribution in [0.1, 0.15) is 18.9 Å². The second-order valence-corrected chi connectivity index (χ2v) is 5.31. The molecule has 0 fully saturated rings. The second-order valence-electron chi connectivity index (χ2n) is 3.63. The summed E-state index contributed by atoms with van der Waals surface area (Å²) in [5.74, 6) is 0.118. The first-order valence-electron chi connectivity index (χ1n) is 5.10. The van der Waals surface area contributed by atoms with E-state index >= 15 is 0 Å². The second kappa shape index (κ2) is 4.52. The van der Waals surface area contributed by atoms with Crippen molar-refractivity contribution in [3.8, 4) is 0 Å². The molecule has 0 aromatic heterocycles. The standard InChI is InChI=1S/C12H12ClNOS/c1-2-9-11(15)10(12(14)16-9)7-4-3-5-8(13)6-7/h3-6,9H,2,14H2,1H3. The molecule has 1 aliphatic rings. The van der Waals surface area contributed by atoms with Crippen LogP contribution in [0, 0.1) is 0 Å². The number of hydrogen-bond donors (Lipinski definition) is 1. The van der Waals surface area contributed by atoms with Crippen LogP contribution in [0.2, 0.25) is 5.02 Å². The Morgan fingerprint density at radius 2 is 2.25 bits per heavy atom. The Morgan fingerprint density at radius 3 is 2.81 bits per heavy atom. The number of benzene rings is 1. The van der Waals surface area contributed by atoms with Crippen molar-refractivity contribution >= 4 is 34.7 Å². The van der Waals surface area contributed by atoms with Crippen molar-refractivity contribution in [3.63, 3.8) is 0 Å². The molecule has 4 heteroatoms. The zero-order chi connectivity index (χ0) is 11.7. The van der Waals surface area contributed by atoms with Gasteiger partial charge in [0, 0.05) is 5.02 Å². The summed E-state index contributed by atoms with van der Waals surface area (Å²) in [5.41, 5.74) is 7.34. The minimum absolute atomic E-state index is 0.0334.